The highest BCUT2D eigenvalue weighted by Crippen LogP contribution is 2.28. The van der Waals surface area contributed by atoms with Crippen molar-refractivity contribution >= 4 is 26.6 Å². The summed E-state index contributed by atoms with van der Waals surface area (Å²) >= 11 is 0. The van der Waals surface area contributed by atoms with E-state index < -0.39 is 15.1 Å². The summed E-state index contributed by atoms with van der Waals surface area (Å²) in [7, 11) is -1.82. The number of nitrogens with zero attached hydrogens (tertiary/aromatic N) is 2. The number of sulfone groups is 1. The first-order valence-corrected chi connectivity index (χ1v) is 10.9. The summed E-state index contributed by atoms with van der Waals surface area (Å²) in [6.45, 7) is 0.634. The van der Waals surface area contributed by atoms with Gasteiger partial charge in [0.15, 0.2) is 9.84 Å². The monoisotopic (exact) mass is 416 g/mol. The zero-order valence-electron chi connectivity index (χ0n) is 15.9. The summed E-state index contributed by atoms with van der Waals surface area (Å²) in [5, 5.41) is 9.62. The van der Waals surface area contributed by atoms with E-state index in [0.29, 0.717) is 37.0 Å². The molecular weight excluding hydrogens is 395 g/mol. The first kappa shape index (κ1) is 19.4. The molecule has 2 aromatic carbocycles. The second-order valence-electron chi connectivity index (χ2n) is 7.33. The van der Waals surface area contributed by atoms with E-state index in [1.807, 2.05) is 0 Å². The van der Waals surface area contributed by atoms with Crippen LogP contribution in [-0.4, -0.2) is 47.2 Å². The number of aromatic nitrogens is 1. The van der Waals surface area contributed by atoms with Crippen molar-refractivity contribution in [1.29, 1.82) is 0 Å². The fourth-order valence-corrected chi connectivity index (χ4v) is 5.68. The van der Waals surface area contributed by atoms with Crippen molar-refractivity contribution in [2.75, 3.05) is 13.1 Å². The van der Waals surface area contributed by atoms with E-state index in [0.717, 1.165) is 5.52 Å². The van der Waals surface area contributed by atoms with Crippen LogP contribution >= 0.6 is 0 Å². The minimum Gasteiger partial charge on any atom is -0.508 e. The second-order valence-corrected chi connectivity index (χ2v) is 9.55. The zero-order chi connectivity index (χ0) is 20.8. The number of aryl methyl sites for hydroxylation is 1. The number of rotatable bonds is 3. The zero-order valence-corrected chi connectivity index (χ0v) is 16.7. The van der Waals surface area contributed by atoms with Gasteiger partial charge >= 0.3 is 0 Å². The number of hydrogen-bond donors (Lipinski definition) is 1. The molecule has 1 saturated heterocycles. The molecule has 1 aliphatic rings. The third-order valence-electron chi connectivity index (χ3n) is 5.54. The van der Waals surface area contributed by atoms with Gasteiger partial charge < -0.3 is 14.6 Å². The Hall–Kier alpha value is -2.87. The Balaban J connectivity index is 1.51. The molecule has 1 N–H and O–H groups in total. The standard InChI is InChI=1S/C21H21FN2O4S/c1-23-19-6-5-15(22)11-14(19)12-20(23)21(26)24-9-7-17(8-10-24)29(27,28)18-4-2-3-16(25)13-18/h2-6,11-13,17,25H,7-10H2,1H3. The number of amides is 1. The highest BCUT2D eigenvalue weighted by Gasteiger charge is 2.33. The van der Waals surface area contributed by atoms with Crippen molar-refractivity contribution in [1.82, 2.24) is 9.47 Å². The minimum atomic E-state index is -3.58. The van der Waals surface area contributed by atoms with E-state index >= 15 is 0 Å². The summed E-state index contributed by atoms with van der Waals surface area (Å²) < 4.78 is 40.9. The number of carbonyl (C=O) groups excluding carboxylic acids is 1. The molecule has 6 nitrogen and oxygen atoms in total. The molecular formula is C21H21FN2O4S. The average molecular weight is 416 g/mol. The van der Waals surface area contributed by atoms with Crippen molar-refractivity contribution in [2.45, 2.75) is 23.0 Å². The number of benzene rings is 2. The number of hydrogen-bond acceptors (Lipinski definition) is 4. The quantitative estimate of drug-likeness (QED) is 0.712. The molecule has 4 rings (SSSR count). The average Bonchev–Trinajstić information content (AvgIpc) is 3.03. The van der Waals surface area contributed by atoms with Gasteiger partial charge in [0.25, 0.3) is 5.91 Å². The molecule has 29 heavy (non-hydrogen) atoms. The van der Waals surface area contributed by atoms with E-state index in [1.54, 1.807) is 28.6 Å². The third kappa shape index (κ3) is 3.48. The molecule has 8 heteroatoms. The van der Waals surface area contributed by atoms with Crippen LogP contribution in [0.4, 0.5) is 4.39 Å². The maximum absolute atomic E-state index is 13.5. The lowest BCUT2D eigenvalue weighted by molar-refractivity contribution is 0.0716. The molecule has 1 fully saturated rings. The predicted molar refractivity (Wildman–Crippen MR) is 107 cm³/mol. The van der Waals surface area contributed by atoms with E-state index in [9.17, 15) is 22.7 Å². The van der Waals surface area contributed by atoms with Crippen LogP contribution in [0.25, 0.3) is 10.9 Å². The topological polar surface area (TPSA) is 79.6 Å². The number of halogens is 1. The van der Waals surface area contributed by atoms with Crippen LogP contribution in [0, 0.1) is 5.82 Å². The molecule has 0 bridgehead atoms. The molecule has 0 aliphatic carbocycles. The van der Waals surface area contributed by atoms with Crippen LogP contribution in [0.3, 0.4) is 0 Å². The van der Waals surface area contributed by atoms with E-state index in [4.69, 9.17) is 0 Å². The van der Waals surface area contributed by atoms with E-state index in [-0.39, 0.29) is 22.4 Å². The molecule has 0 radical (unpaired) electrons. The van der Waals surface area contributed by atoms with Crippen molar-refractivity contribution in [3.63, 3.8) is 0 Å². The Labute approximate surface area is 168 Å². The largest absolute Gasteiger partial charge is 0.508 e. The summed E-state index contributed by atoms with van der Waals surface area (Å²) in [5.41, 5.74) is 1.20. The number of phenolic OH excluding ortho intramolecular Hbond substituents is 1. The highest BCUT2D eigenvalue weighted by atomic mass is 32.2. The Morgan fingerprint density at radius 3 is 2.52 bits per heavy atom. The molecule has 1 amide bonds. The van der Waals surface area contributed by atoms with E-state index in [1.165, 1.54) is 36.4 Å². The van der Waals surface area contributed by atoms with Gasteiger partial charge in [0.1, 0.15) is 17.3 Å². The van der Waals surface area contributed by atoms with Gasteiger partial charge in [-0.25, -0.2) is 12.8 Å². The lowest BCUT2D eigenvalue weighted by atomic mass is 10.1. The number of likely N-dealkylation sites (tertiary alicyclic amines) is 1. The molecule has 152 valence electrons. The van der Waals surface area contributed by atoms with Crippen molar-refractivity contribution < 1.29 is 22.7 Å². The summed E-state index contributed by atoms with van der Waals surface area (Å²) in [6, 6.07) is 11.7. The van der Waals surface area contributed by atoms with Gasteiger partial charge in [0.05, 0.1) is 10.1 Å². The molecule has 3 aromatic rings. The lowest BCUT2D eigenvalue weighted by Gasteiger charge is -2.31. The van der Waals surface area contributed by atoms with Crippen LogP contribution in [0.5, 0.6) is 5.75 Å². The first-order chi connectivity index (χ1) is 13.8. The van der Waals surface area contributed by atoms with Gasteiger partial charge in [-0.2, -0.15) is 0 Å². The van der Waals surface area contributed by atoms with Crippen molar-refractivity contribution in [3.8, 4) is 5.75 Å². The summed E-state index contributed by atoms with van der Waals surface area (Å²) in [6.07, 6.45) is 0.643. The van der Waals surface area contributed by atoms with Gasteiger partial charge in [-0.05, 0) is 55.3 Å². The Morgan fingerprint density at radius 2 is 1.83 bits per heavy atom. The van der Waals surface area contributed by atoms with Gasteiger partial charge in [0.2, 0.25) is 0 Å². The molecule has 2 heterocycles. The molecule has 0 unspecified atom stereocenters. The van der Waals surface area contributed by atoms with Crippen molar-refractivity contribution in [3.05, 3.63) is 60.0 Å². The Kier molecular flexibility index (Phi) is 4.82. The SMILES string of the molecule is Cn1c(C(=O)N2CCC(S(=O)(=O)c3cccc(O)c3)CC2)cc2cc(F)ccc21. The fourth-order valence-electron chi connectivity index (χ4n) is 3.91. The second kappa shape index (κ2) is 7.18. The Morgan fingerprint density at radius 1 is 1.10 bits per heavy atom. The molecule has 1 aromatic heterocycles. The van der Waals surface area contributed by atoms with Crippen LogP contribution in [-0.2, 0) is 16.9 Å². The number of carbonyl (C=O) groups is 1. The van der Waals surface area contributed by atoms with Gasteiger partial charge in [-0.15, -0.1) is 0 Å². The van der Waals surface area contributed by atoms with Crippen LogP contribution in [0.2, 0.25) is 0 Å². The molecule has 0 saturated carbocycles. The summed E-state index contributed by atoms with van der Waals surface area (Å²) in [4.78, 5) is 14.7. The van der Waals surface area contributed by atoms with Crippen molar-refractivity contribution in [2.24, 2.45) is 7.05 Å². The lowest BCUT2D eigenvalue weighted by Crippen LogP contribution is -2.43. The minimum absolute atomic E-state index is 0.0918. The maximum atomic E-state index is 13.5. The number of aromatic hydroxyl groups is 1. The predicted octanol–water partition coefficient (Wildman–Crippen LogP) is 3.10. The van der Waals surface area contributed by atoms with Gasteiger partial charge in [-0.1, -0.05) is 6.07 Å². The molecule has 0 atom stereocenters. The Bertz CT molecular complexity index is 1190. The smallest absolute Gasteiger partial charge is 0.270 e. The number of fused-ring (bicyclic) bond motifs is 1. The normalized spacial score (nSPS) is 15.7. The summed E-state index contributed by atoms with van der Waals surface area (Å²) in [5.74, 6) is -0.650. The maximum Gasteiger partial charge on any atom is 0.270 e. The highest BCUT2D eigenvalue weighted by molar-refractivity contribution is 7.92. The first-order valence-electron chi connectivity index (χ1n) is 9.34. The van der Waals surface area contributed by atoms with Crippen LogP contribution in [0.15, 0.2) is 53.4 Å². The molecule has 0 spiro atoms. The van der Waals surface area contributed by atoms with Crippen LogP contribution in [0.1, 0.15) is 23.3 Å². The van der Waals surface area contributed by atoms with Gasteiger partial charge in [-0.3, -0.25) is 4.79 Å². The van der Waals surface area contributed by atoms with Gasteiger partial charge in [0, 0.05) is 31.0 Å². The van der Waals surface area contributed by atoms with Crippen LogP contribution < -0.4 is 0 Å². The third-order valence-corrected chi connectivity index (χ3v) is 7.80. The van der Waals surface area contributed by atoms with E-state index in [2.05, 4.69) is 0 Å². The molecule has 1 aliphatic heterocycles. The fraction of sp³-hybridized carbons (Fsp3) is 0.286. The number of phenols is 1. The number of piperidine rings is 1.